The van der Waals surface area contributed by atoms with Crippen molar-refractivity contribution in [1.82, 2.24) is 4.72 Å². The van der Waals surface area contributed by atoms with Crippen molar-refractivity contribution in [2.24, 2.45) is 17.6 Å². The minimum absolute atomic E-state index is 0.0230. The average Bonchev–Trinajstić information content (AvgIpc) is 2.36. The lowest BCUT2D eigenvalue weighted by Gasteiger charge is -2.31. The summed E-state index contributed by atoms with van der Waals surface area (Å²) in [6.07, 6.45) is 2.98. The van der Waals surface area contributed by atoms with Crippen LogP contribution in [0.1, 0.15) is 38.7 Å². The molecule has 2 unspecified atom stereocenters. The zero-order valence-electron chi connectivity index (χ0n) is 12.5. The van der Waals surface area contributed by atoms with Gasteiger partial charge in [-0.3, -0.25) is 0 Å². The Morgan fingerprint density at radius 1 is 1.24 bits per heavy atom. The first kappa shape index (κ1) is 16.9. The Kier molecular flexibility index (Phi) is 5.46. The average molecular weight is 375 g/mol. The fourth-order valence-electron chi connectivity index (χ4n) is 3.22. The van der Waals surface area contributed by atoms with Crippen LogP contribution >= 0.6 is 15.9 Å². The molecule has 0 spiro atoms. The maximum absolute atomic E-state index is 12.6. The van der Waals surface area contributed by atoms with E-state index in [0.717, 1.165) is 18.4 Å². The van der Waals surface area contributed by atoms with Crippen molar-refractivity contribution in [3.8, 4) is 0 Å². The summed E-state index contributed by atoms with van der Waals surface area (Å²) in [5.74, 6) is 1.12. The van der Waals surface area contributed by atoms with Gasteiger partial charge in [-0.05, 0) is 64.7 Å². The first-order valence-electron chi connectivity index (χ1n) is 7.32. The van der Waals surface area contributed by atoms with Crippen LogP contribution in [0.25, 0.3) is 0 Å². The van der Waals surface area contributed by atoms with E-state index >= 15 is 0 Å². The molecule has 1 fully saturated rings. The number of rotatable bonds is 4. The Hall–Kier alpha value is -0.430. The molecule has 118 valence electrons. The second kappa shape index (κ2) is 6.77. The first-order chi connectivity index (χ1) is 9.81. The molecule has 2 rings (SSSR count). The number of hydrogen-bond donors (Lipinski definition) is 2. The predicted octanol–water partition coefficient (Wildman–Crippen LogP) is 3.01. The van der Waals surface area contributed by atoms with Crippen LogP contribution in [0.4, 0.5) is 0 Å². The van der Waals surface area contributed by atoms with Crippen LogP contribution in [0.5, 0.6) is 0 Å². The summed E-state index contributed by atoms with van der Waals surface area (Å²) in [6.45, 7) is 4.76. The van der Waals surface area contributed by atoms with E-state index in [2.05, 4.69) is 34.5 Å². The van der Waals surface area contributed by atoms with E-state index in [1.807, 2.05) is 0 Å². The zero-order chi connectivity index (χ0) is 15.6. The zero-order valence-corrected chi connectivity index (χ0v) is 14.9. The highest BCUT2D eigenvalue weighted by Crippen LogP contribution is 2.30. The summed E-state index contributed by atoms with van der Waals surface area (Å²) in [4.78, 5) is 0.283. The van der Waals surface area contributed by atoms with Crippen molar-refractivity contribution in [2.45, 2.75) is 50.6 Å². The van der Waals surface area contributed by atoms with Gasteiger partial charge in [0.05, 0.1) is 4.90 Å². The molecule has 1 aliphatic carbocycles. The Bertz CT molecular complexity index is 594. The topological polar surface area (TPSA) is 72.2 Å². The van der Waals surface area contributed by atoms with Crippen molar-refractivity contribution in [1.29, 1.82) is 0 Å². The maximum Gasteiger partial charge on any atom is 0.241 e. The highest BCUT2D eigenvalue weighted by atomic mass is 79.9. The van der Waals surface area contributed by atoms with Crippen LogP contribution in [-0.4, -0.2) is 14.5 Å². The standard InChI is InChI=1S/C15H23BrN2O2S/c1-10-5-11(2)7-13(6-10)18-21(19,20)15-4-3-12(9-17)8-14(15)16/h3-4,8,10-11,13,18H,5-7,9,17H2,1-2H3. The van der Waals surface area contributed by atoms with Crippen molar-refractivity contribution in [3.05, 3.63) is 28.2 Å². The van der Waals surface area contributed by atoms with Crippen molar-refractivity contribution >= 4 is 26.0 Å². The molecule has 0 saturated heterocycles. The molecule has 1 saturated carbocycles. The molecule has 0 aromatic heterocycles. The van der Waals surface area contributed by atoms with Crippen LogP contribution in [0.3, 0.4) is 0 Å². The van der Waals surface area contributed by atoms with E-state index in [-0.39, 0.29) is 10.9 Å². The molecule has 0 bridgehead atoms. The van der Waals surface area contributed by atoms with Gasteiger partial charge in [0.2, 0.25) is 10.0 Å². The van der Waals surface area contributed by atoms with Gasteiger partial charge in [-0.2, -0.15) is 0 Å². The van der Waals surface area contributed by atoms with Gasteiger partial charge in [0.25, 0.3) is 0 Å². The van der Waals surface area contributed by atoms with Crippen molar-refractivity contribution < 1.29 is 8.42 Å². The quantitative estimate of drug-likeness (QED) is 0.850. The molecular formula is C15H23BrN2O2S. The summed E-state index contributed by atoms with van der Waals surface area (Å²) in [6, 6.07) is 5.16. The van der Waals surface area contributed by atoms with E-state index in [9.17, 15) is 8.42 Å². The van der Waals surface area contributed by atoms with Gasteiger partial charge in [-0.1, -0.05) is 19.9 Å². The summed E-state index contributed by atoms with van der Waals surface area (Å²) < 4.78 is 28.5. The van der Waals surface area contributed by atoms with Crippen LogP contribution < -0.4 is 10.5 Å². The van der Waals surface area contributed by atoms with Gasteiger partial charge in [0, 0.05) is 17.1 Å². The predicted molar refractivity (Wildman–Crippen MR) is 88.3 cm³/mol. The number of nitrogens with two attached hydrogens (primary N) is 1. The van der Waals surface area contributed by atoms with Gasteiger partial charge >= 0.3 is 0 Å². The highest BCUT2D eigenvalue weighted by molar-refractivity contribution is 9.10. The monoisotopic (exact) mass is 374 g/mol. The number of hydrogen-bond acceptors (Lipinski definition) is 3. The highest BCUT2D eigenvalue weighted by Gasteiger charge is 2.28. The Morgan fingerprint density at radius 3 is 2.38 bits per heavy atom. The number of halogens is 1. The maximum atomic E-state index is 12.6. The molecule has 4 nitrogen and oxygen atoms in total. The molecule has 0 radical (unpaired) electrons. The minimum atomic E-state index is -3.50. The largest absolute Gasteiger partial charge is 0.326 e. The molecule has 0 amide bonds. The van der Waals surface area contributed by atoms with Gasteiger partial charge < -0.3 is 5.73 Å². The van der Waals surface area contributed by atoms with Crippen LogP contribution in [-0.2, 0) is 16.6 Å². The molecule has 6 heteroatoms. The summed E-state index contributed by atoms with van der Waals surface area (Å²) in [7, 11) is -3.50. The Balaban J connectivity index is 2.18. The van der Waals surface area contributed by atoms with E-state index in [1.165, 1.54) is 6.42 Å². The van der Waals surface area contributed by atoms with Crippen LogP contribution in [0.15, 0.2) is 27.6 Å². The summed E-state index contributed by atoms with van der Waals surface area (Å²) >= 11 is 3.34. The summed E-state index contributed by atoms with van der Waals surface area (Å²) in [5.41, 5.74) is 6.48. The molecule has 0 heterocycles. The van der Waals surface area contributed by atoms with Gasteiger partial charge in [-0.25, -0.2) is 13.1 Å². The van der Waals surface area contributed by atoms with Gasteiger partial charge in [0.1, 0.15) is 0 Å². The minimum Gasteiger partial charge on any atom is -0.326 e. The molecule has 21 heavy (non-hydrogen) atoms. The lowest BCUT2D eigenvalue weighted by atomic mass is 9.81. The smallest absolute Gasteiger partial charge is 0.241 e. The lowest BCUT2D eigenvalue weighted by Crippen LogP contribution is -2.40. The summed E-state index contributed by atoms with van der Waals surface area (Å²) in [5, 5.41) is 0. The van der Waals surface area contributed by atoms with Gasteiger partial charge in [0.15, 0.2) is 0 Å². The van der Waals surface area contributed by atoms with E-state index in [4.69, 9.17) is 5.73 Å². The third kappa shape index (κ3) is 4.28. The third-order valence-electron chi connectivity index (χ3n) is 4.02. The number of nitrogens with one attached hydrogen (secondary N) is 1. The molecule has 2 atom stereocenters. The Labute approximate surface area is 135 Å². The fourth-order valence-corrected chi connectivity index (χ4v) is 5.60. The van der Waals surface area contributed by atoms with Crippen molar-refractivity contribution in [2.75, 3.05) is 0 Å². The second-order valence-electron chi connectivity index (χ2n) is 6.20. The molecular weight excluding hydrogens is 352 g/mol. The van der Waals surface area contributed by atoms with E-state index in [0.29, 0.717) is 22.9 Å². The Morgan fingerprint density at radius 2 is 1.86 bits per heavy atom. The number of sulfonamides is 1. The molecule has 1 aromatic rings. The van der Waals surface area contributed by atoms with E-state index < -0.39 is 10.0 Å². The van der Waals surface area contributed by atoms with E-state index in [1.54, 1.807) is 18.2 Å². The third-order valence-corrected chi connectivity index (χ3v) is 6.52. The second-order valence-corrected chi connectivity index (χ2v) is 8.74. The molecule has 1 aliphatic rings. The molecule has 1 aromatic carbocycles. The lowest BCUT2D eigenvalue weighted by molar-refractivity contribution is 0.257. The molecule has 3 N–H and O–H groups in total. The van der Waals surface area contributed by atoms with Gasteiger partial charge in [-0.15, -0.1) is 0 Å². The van der Waals surface area contributed by atoms with Crippen molar-refractivity contribution in [3.63, 3.8) is 0 Å². The molecule has 0 aliphatic heterocycles. The first-order valence-corrected chi connectivity index (χ1v) is 9.60. The SMILES string of the molecule is CC1CC(C)CC(NS(=O)(=O)c2ccc(CN)cc2Br)C1. The van der Waals surface area contributed by atoms with Crippen LogP contribution in [0, 0.1) is 11.8 Å². The van der Waals surface area contributed by atoms with Crippen LogP contribution in [0.2, 0.25) is 0 Å². The normalized spacial score (nSPS) is 26.8. The number of benzene rings is 1. The fraction of sp³-hybridized carbons (Fsp3) is 0.600.